The van der Waals surface area contributed by atoms with Gasteiger partial charge in [0.1, 0.15) is 5.65 Å². The number of anilines is 3. The molecule has 0 aliphatic carbocycles. The standard InChI is InChI=1S/C49H28N4/c1-3-16-31(17-4-1)51(32-18-5-2-6-19-32)41-25-13-23-35-37-26-30-15-8-10-21-34(30)44-45-42(52(46(35)41)48(37)44)28-39-38-27-29-14-7-9-20-33(29)43-36-22-11-12-24-40(36)53(47(38)43)49(39)50-45/h1-28H. The molecule has 4 heteroatoms. The fraction of sp³-hybridized carbons (Fsp3) is 0. The Morgan fingerprint density at radius 1 is 0.377 bits per heavy atom. The van der Waals surface area contributed by atoms with Crippen LogP contribution in [0.2, 0.25) is 0 Å². The number of nitrogens with zero attached hydrogens (tertiary/aromatic N) is 4. The van der Waals surface area contributed by atoms with Crippen LogP contribution in [0.5, 0.6) is 0 Å². The second-order valence-electron chi connectivity index (χ2n) is 14.3. The van der Waals surface area contributed by atoms with Gasteiger partial charge in [-0.15, -0.1) is 0 Å². The van der Waals surface area contributed by atoms with Crippen LogP contribution in [0.15, 0.2) is 170 Å². The highest BCUT2D eigenvalue weighted by atomic mass is 15.2. The number of para-hydroxylation sites is 4. The molecule has 0 aliphatic rings. The van der Waals surface area contributed by atoms with Crippen LogP contribution in [0.25, 0.3) is 98.0 Å². The number of hydrogen-bond acceptors (Lipinski definition) is 2. The summed E-state index contributed by atoms with van der Waals surface area (Å²) < 4.78 is 4.95. The maximum Gasteiger partial charge on any atom is 0.146 e. The molecule has 0 radical (unpaired) electrons. The van der Waals surface area contributed by atoms with E-state index in [1.807, 2.05) is 0 Å². The topological polar surface area (TPSA) is 25.0 Å². The molecule has 13 rings (SSSR count). The van der Waals surface area contributed by atoms with Gasteiger partial charge in [0.2, 0.25) is 0 Å². The maximum absolute atomic E-state index is 5.77. The molecule has 0 spiro atoms. The molecule has 0 N–H and O–H groups in total. The van der Waals surface area contributed by atoms with Crippen molar-refractivity contribution in [3.8, 4) is 0 Å². The summed E-state index contributed by atoms with van der Waals surface area (Å²) in [6.45, 7) is 0. The minimum Gasteiger partial charge on any atom is -0.308 e. The molecule has 0 saturated heterocycles. The lowest BCUT2D eigenvalue weighted by Crippen LogP contribution is -2.10. The molecule has 5 aromatic heterocycles. The first-order valence-corrected chi connectivity index (χ1v) is 18.2. The first kappa shape index (κ1) is 27.5. The third-order valence-corrected chi connectivity index (χ3v) is 11.7. The molecule has 0 amide bonds. The summed E-state index contributed by atoms with van der Waals surface area (Å²) in [5, 5.41) is 13.6. The lowest BCUT2D eigenvalue weighted by atomic mass is 10.00. The number of fused-ring (bicyclic) bond motifs is 16. The van der Waals surface area contributed by atoms with E-state index < -0.39 is 0 Å². The van der Waals surface area contributed by atoms with Crippen molar-refractivity contribution >= 4 is 115 Å². The molecule has 13 aromatic rings. The minimum atomic E-state index is 1.01. The van der Waals surface area contributed by atoms with Crippen molar-refractivity contribution in [3.63, 3.8) is 0 Å². The highest BCUT2D eigenvalue weighted by Crippen LogP contribution is 2.49. The molecule has 0 unspecified atom stereocenters. The van der Waals surface area contributed by atoms with Crippen molar-refractivity contribution in [2.75, 3.05) is 4.90 Å². The molecule has 0 bridgehead atoms. The Kier molecular flexibility index (Phi) is 5.08. The summed E-state index contributed by atoms with van der Waals surface area (Å²) in [7, 11) is 0. The fourth-order valence-electron chi connectivity index (χ4n) is 9.60. The molecule has 244 valence electrons. The molecule has 53 heavy (non-hydrogen) atoms. The van der Waals surface area contributed by atoms with Gasteiger partial charge < -0.3 is 9.30 Å². The van der Waals surface area contributed by atoms with E-state index in [1.165, 1.54) is 81.3 Å². The lowest BCUT2D eigenvalue weighted by Gasteiger charge is -2.26. The van der Waals surface area contributed by atoms with Crippen LogP contribution in [0, 0.1) is 0 Å². The monoisotopic (exact) mass is 672 g/mol. The Balaban J connectivity index is 1.28. The molecular formula is C49H28N4. The van der Waals surface area contributed by atoms with Crippen LogP contribution in [0.1, 0.15) is 0 Å². The summed E-state index contributed by atoms with van der Waals surface area (Å²) in [5.41, 5.74) is 11.4. The lowest BCUT2D eigenvalue weighted by molar-refractivity contribution is 1.26. The van der Waals surface area contributed by atoms with Gasteiger partial charge in [0.15, 0.2) is 0 Å². The first-order chi connectivity index (χ1) is 26.3. The number of pyridine rings is 1. The summed E-state index contributed by atoms with van der Waals surface area (Å²) in [6, 6.07) is 61.9. The molecule has 0 atom stereocenters. The SMILES string of the molecule is c1ccc(N(c2ccccc2)c2cccc3c4cc5ccccc5c5c6nc7c(cc6n(c23)c45)c2cc3ccccc3c3c4ccccc4n7c23)cc1. The van der Waals surface area contributed by atoms with E-state index in [0.29, 0.717) is 0 Å². The van der Waals surface area contributed by atoms with E-state index in [9.17, 15) is 0 Å². The summed E-state index contributed by atoms with van der Waals surface area (Å²) in [4.78, 5) is 8.17. The Morgan fingerprint density at radius 3 is 1.66 bits per heavy atom. The van der Waals surface area contributed by atoms with E-state index in [0.717, 1.165) is 33.7 Å². The number of rotatable bonds is 3. The van der Waals surface area contributed by atoms with E-state index >= 15 is 0 Å². The van der Waals surface area contributed by atoms with Gasteiger partial charge in [-0.3, -0.25) is 4.40 Å². The van der Waals surface area contributed by atoms with Gasteiger partial charge in [-0.2, -0.15) is 0 Å². The highest BCUT2D eigenvalue weighted by Gasteiger charge is 2.27. The maximum atomic E-state index is 5.77. The predicted octanol–water partition coefficient (Wildman–Crippen LogP) is 13.2. The number of benzene rings is 8. The molecule has 5 heterocycles. The van der Waals surface area contributed by atoms with Gasteiger partial charge in [0.25, 0.3) is 0 Å². The molecule has 0 saturated carbocycles. The Labute approximate surface area is 302 Å². The Morgan fingerprint density at radius 2 is 0.943 bits per heavy atom. The molecular weight excluding hydrogens is 645 g/mol. The summed E-state index contributed by atoms with van der Waals surface area (Å²) in [6.07, 6.45) is 0. The van der Waals surface area contributed by atoms with Crippen LogP contribution in [0.4, 0.5) is 17.1 Å². The van der Waals surface area contributed by atoms with Crippen LogP contribution < -0.4 is 4.90 Å². The highest BCUT2D eigenvalue weighted by molar-refractivity contribution is 6.35. The quantitative estimate of drug-likeness (QED) is 0.187. The van der Waals surface area contributed by atoms with Crippen LogP contribution in [-0.2, 0) is 0 Å². The largest absolute Gasteiger partial charge is 0.308 e. The third-order valence-electron chi connectivity index (χ3n) is 11.7. The van der Waals surface area contributed by atoms with Gasteiger partial charge in [0, 0.05) is 49.1 Å². The van der Waals surface area contributed by atoms with Gasteiger partial charge in [0.05, 0.1) is 38.8 Å². The molecule has 4 nitrogen and oxygen atoms in total. The van der Waals surface area contributed by atoms with Gasteiger partial charge in [-0.1, -0.05) is 115 Å². The van der Waals surface area contributed by atoms with Crippen molar-refractivity contribution in [2.24, 2.45) is 0 Å². The van der Waals surface area contributed by atoms with Gasteiger partial charge >= 0.3 is 0 Å². The van der Waals surface area contributed by atoms with Crippen LogP contribution in [-0.4, -0.2) is 13.8 Å². The number of hydrogen-bond donors (Lipinski definition) is 0. The summed E-state index contributed by atoms with van der Waals surface area (Å²) in [5.74, 6) is 0. The van der Waals surface area contributed by atoms with E-state index in [-0.39, 0.29) is 0 Å². The predicted molar refractivity (Wildman–Crippen MR) is 223 cm³/mol. The smallest absolute Gasteiger partial charge is 0.146 e. The van der Waals surface area contributed by atoms with Crippen LogP contribution >= 0.6 is 0 Å². The third kappa shape index (κ3) is 3.39. The zero-order chi connectivity index (χ0) is 34.4. The van der Waals surface area contributed by atoms with Crippen molar-refractivity contribution in [1.82, 2.24) is 13.8 Å². The van der Waals surface area contributed by atoms with Gasteiger partial charge in [-0.25, -0.2) is 4.98 Å². The fourth-order valence-corrected chi connectivity index (χ4v) is 9.60. The van der Waals surface area contributed by atoms with E-state index in [1.54, 1.807) is 0 Å². The van der Waals surface area contributed by atoms with Crippen molar-refractivity contribution in [3.05, 3.63) is 170 Å². The average Bonchev–Trinajstić information content (AvgIpc) is 3.94. The zero-order valence-corrected chi connectivity index (χ0v) is 28.5. The van der Waals surface area contributed by atoms with Crippen molar-refractivity contribution < 1.29 is 0 Å². The van der Waals surface area contributed by atoms with Gasteiger partial charge in [-0.05, 0) is 76.1 Å². The second kappa shape index (κ2) is 9.78. The Hall–Kier alpha value is -7.17. The van der Waals surface area contributed by atoms with E-state index in [4.69, 9.17) is 4.98 Å². The van der Waals surface area contributed by atoms with Crippen molar-refractivity contribution in [2.45, 2.75) is 0 Å². The molecule has 0 fully saturated rings. The normalized spacial score (nSPS) is 12.5. The summed E-state index contributed by atoms with van der Waals surface area (Å²) >= 11 is 0. The van der Waals surface area contributed by atoms with Crippen molar-refractivity contribution in [1.29, 1.82) is 0 Å². The second-order valence-corrected chi connectivity index (χ2v) is 14.3. The minimum absolute atomic E-state index is 1.01. The van der Waals surface area contributed by atoms with Crippen LogP contribution in [0.3, 0.4) is 0 Å². The molecule has 0 aliphatic heterocycles. The first-order valence-electron chi connectivity index (χ1n) is 18.2. The Bertz CT molecular complexity index is 3580. The zero-order valence-electron chi connectivity index (χ0n) is 28.5. The van der Waals surface area contributed by atoms with E-state index in [2.05, 4.69) is 184 Å². The molecule has 8 aromatic carbocycles. The average molecular weight is 673 g/mol. The number of aromatic nitrogens is 3.